The Morgan fingerprint density at radius 2 is 1.92 bits per heavy atom. The highest BCUT2D eigenvalue weighted by molar-refractivity contribution is 5.83. The van der Waals surface area contributed by atoms with E-state index in [0.717, 1.165) is 49.8 Å². The molecule has 126 valence electrons. The summed E-state index contributed by atoms with van der Waals surface area (Å²) < 4.78 is 10.9. The van der Waals surface area contributed by atoms with Crippen molar-refractivity contribution in [2.45, 2.75) is 12.3 Å². The third-order valence-electron chi connectivity index (χ3n) is 5.03. The van der Waals surface area contributed by atoms with Crippen LogP contribution in [0.4, 0.5) is 5.69 Å². The first-order chi connectivity index (χ1) is 11.8. The zero-order chi connectivity index (χ0) is 16.5. The van der Waals surface area contributed by atoms with Crippen LogP contribution in [0, 0.1) is 5.92 Å². The fraction of sp³-hybridized carbons (Fsp3) is 0.421. The Morgan fingerprint density at radius 1 is 1.12 bits per heavy atom. The molecule has 2 atom stereocenters. The normalized spacial score (nSPS) is 23.2. The fourth-order valence-electron chi connectivity index (χ4n) is 3.58. The van der Waals surface area contributed by atoms with Gasteiger partial charge in [0.15, 0.2) is 0 Å². The molecule has 1 amide bonds. The molecule has 0 radical (unpaired) electrons. The van der Waals surface area contributed by atoms with E-state index in [9.17, 15) is 4.79 Å². The molecular formula is C19H22N2O3. The number of nitrogens with zero attached hydrogens (tertiary/aromatic N) is 2. The number of carbonyl (C=O) groups excluding carboxylic acids is 1. The van der Waals surface area contributed by atoms with E-state index in [1.54, 1.807) is 13.4 Å². The van der Waals surface area contributed by atoms with Crippen molar-refractivity contribution in [2.75, 3.05) is 38.2 Å². The van der Waals surface area contributed by atoms with Gasteiger partial charge in [0.05, 0.1) is 19.1 Å². The summed E-state index contributed by atoms with van der Waals surface area (Å²) in [7, 11) is 1.69. The molecule has 1 aromatic heterocycles. The standard InChI is InChI=1S/C19H22N2O3/c1-23-18-6-3-2-5-16(18)20-8-10-21(11-9-20)19(22)15-13-14(15)17-7-4-12-24-17/h2-7,12,14-15H,8-11,13H2,1H3/t14-,15+/m0/s1. The average molecular weight is 326 g/mol. The number of carbonyl (C=O) groups is 1. The molecule has 1 aliphatic carbocycles. The molecule has 1 saturated carbocycles. The number of hydrogen-bond acceptors (Lipinski definition) is 4. The van der Waals surface area contributed by atoms with Crippen LogP contribution in [-0.4, -0.2) is 44.1 Å². The predicted octanol–water partition coefficient (Wildman–Crippen LogP) is 2.74. The molecule has 0 unspecified atom stereocenters. The number of methoxy groups -OCH3 is 1. The number of benzene rings is 1. The summed E-state index contributed by atoms with van der Waals surface area (Å²) in [6.45, 7) is 3.20. The molecule has 4 rings (SSSR count). The Labute approximate surface area is 141 Å². The van der Waals surface area contributed by atoms with Gasteiger partial charge in [-0.2, -0.15) is 0 Å². The number of amides is 1. The van der Waals surface area contributed by atoms with E-state index < -0.39 is 0 Å². The minimum absolute atomic E-state index is 0.106. The number of furan rings is 1. The van der Waals surface area contributed by atoms with Gasteiger partial charge in [-0.1, -0.05) is 12.1 Å². The van der Waals surface area contributed by atoms with E-state index in [1.165, 1.54) is 0 Å². The molecule has 1 aliphatic heterocycles. The monoisotopic (exact) mass is 326 g/mol. The lowest BCUT2D eigenvalue weighted by Crippen LogP contribution is -2.49. The largest absolute Gasteiger partial charge is 0.495 e. The van der Waals surface area contributed by atoms with E-state index in [1.807, 2.05) is 35.2 Å². The van der Waals surface area contributed by atoms with Gasteiger partial charge in [0.1, 0.15) is 11.5 Å². The van der Waals surface area contributed by atoms with Crippen LogP contribution in [-0.2, 0) is 4.79 Å². The minimum atomic E-state index is 0.106. The topological polar surface area (TPSA) is 45.9 Å². The van der Waals surface area contributed by atoms with E-state index in [4.69, 9.17) is 9.15 Å². The number of hydrogen-bond donors (Lipinski definition) is 0. The van der Waals surface area contributed by atoms with Crippen LogP contribution >= 0.6 is 0 Å². The van der Waals surface area contributed by atoms with Gasteiger partial charge in [0.2, 0.25) is 5.91 Å². The second kappa shape index (κ2) is 6.23. The second-order valence-corrected chi connectivity index (χ2v) is 6.45. The Hall–Kier alpha value is -2.43. The average Bonchev–Trinajstić information content (AvgIpc) is 3.25. The van der Waals surface area contributed by atoms with Crippen molar-refractivity contribution in [1.82, 2.24) is 4.90 Å². The Morgan fingerprint density at radius 3 is 2.62 bits per heavy atom. The summed E-state index contributed by atoms with van der Waals surface area (Å²) in [6, 6.07) is 11.9. The van der Waals surface area contributed by atoms with Gasteiger partial charge in [-0.15, -0.1) is 0 Å². The van der Waals surface area contributed by atoms with Crippen LogP contribution < -0.4 is 9.64 Å². The first-order valence-electron chi connectivity index (χ1n) is 8.48. The lowest BCUT2D eigenvalue weighted by Gasteiger charge is -2.36. The maximum atomic E-state index is 12.7. The molecule has 0 spiro atoms. The molecule has 1 aromatic carbocycles. The van der Waals surface area contributed by atoms with Gasteiger partial charge in [-0.25, -0.2) is 0 Å². The molecule has 2 aromatic rings. The third-order valence-corrected chi connectivity index (χ3v) is 5.03. The summed E-state index contributed by atoms with van der Waals surface area (Å²) in [5.41, 5.74) is 1.10. The Kier molecular flexibility index (Phi) is 3.92. The van der Waals surface area contributed by atoms with Gasteiger partial charge < -0.3 is 19.0 Å². The summed E-state index contributed by atoms with van der Waals surface area (Å²) in [4.78, 5) is 17.0. The van der Waals surface area contributed by atoms with Gasteiger partial charge in [0.25, 0.3) is 0 Å². The third kappa shape index (κ3) is 2.75. The van der Waals surface area contributed by atoms with Crippen molar-refractivity contribution in [1.29, 1.82) is 0 Å². The van der Waals surface area contributed by atoms with Gasteiger partial charge >= 0.3 is 0 Å². The maximum absolute atomic E-state index is 12.7. The molecule has 2 heterocycles. The molecule has 5 heteroatoms. The molecule has 1 saturated heterocycles. The maximum Gasteiger partial charge on any atom is 0.226 e. The first kappa shape index (κ1) is 15.1. The summed E-state index contributed by atoms with van der Waals surface area (Å²) in [6.07, 6.45) is 2.60. The Bertz CT molecular complexity index is 705. The van der Waals surface area contributed by atoms with E-state index in [2.05, 4.69) is 11.0 Å². The molecule has 24 heavy (non-hydrogen) atoms. The Balaban J connectivity index is 1.36. The molecule has 2 aliphatic rings. The van der Waals surface area contributed by atoms with Crippen molar-refractivity contribution in [3.63, 3.8) is 0 Å². The first-order valence-corrected chi connectivity index (χ1v) is 8.48. The van der Waals surface area contributed by atoms with Crippen molar-refractivity contribution in [3.8, 4) is 5.75 Å². The highest BCUT2D eigenvalue weighted by Gasteiger charge is 2.47. The second-order valence-electron chi connectivity index (χ2n) is 6.45. The van der Waals surface area contributed by atoms with Crippen LogP contribution in [0.2, 0.25) is 0 Å². The highest BCUT2D eigenvalue weighted by Crippen LogP contribution is 2.48. The number of piperazine rings is 1. The zero-order valence-electron chi connectivity index (χ0n) is 13.9. The number of rotatable bonds is 4. The SMILES string of the molecule is COc1ccccc1N1CCN(C(=O)[C@@H]2C[C@@H]2c2ccco2)CC1. The predicted molar refractivity (Wildman–Crippen MR) is 91.3 cm³/mol. The van der Waals surface area contributed by atoms with Crippen molar-refractivity contribution in [3.05, 3.63) is 48.4 Å². The number of anilines is 1. The van der Waals surface area contributed by atoms with E-state index in [0.29, 0.717) is 0 Å². The minimum Gasteiger partial charge on any atom is -0.495 e. The summed E-state index contributed by atoms with van der Waals surface area (Å²) in [5, 5.41) is 0. The van der Waals surface area contributed by atoms with Crippen molar-refractivity contribution in [2.24, 2.45) is 5.92 Å². The highest BCUT2D eigenvalue weighted by atomic mass is 16.5. The summed E-state index contributed by atoms with van der Waals surface area (Å²) in [5.74, 6) is 2.49. The molecule has 0 N–H and O–H groups in total. The van der Waals surface area contributed by atoms with Crippen LogP contribution in [0.3, 0.4) is 0 Å². The quantitative estimate of drug-likeness (QED) is 0.867. The van der Waals surface area contributed by atoms with Gasteiger partial charge in [0, 0.05) is 38.0 Å². The van der Waals surface area contributed by atoms with Crippen molar-refractivity contribution < 1.29 is 13.9 Å². The van der Waals surface area contributed by atoms with Crippen LogP contribution in [0.1, 0.15) is 18.1 Å². The zero-order valence-corrected chi connectivity index (χ0v) is 13.9. The number of para-hydroxylation sites is 2. The number of ether oxygens (including phenoxy) is 1. The van der Waals surface area contributed by atoms with Crippen LogP contribution in [0.25, 0.3) is 0 Å². The van der Waals surface area contributed by atoms with Crippen LogP contribution in [0.15, 0.2) is 47.1 Å². The van der Waals surface area contributed by atoms with Crippen LogP contribution in [0.5, 0.6) is 5.75 Å². The molecular weight excluding hydrogens is 304 g/mol. The lowest BCUT2D eigenvalue weighted by molar-refractivity contribution is -0.133. The molecule has 0 bridgehead atoms. The van der Waals surface area contributed by atoms with Crippen molar-refractivity contribution >= 4 is 11.6 Å². The lowest BCUT2D eigenvalue weighted by atomic mass is 10.2. The van der Waals surface area contributed by atoms with Gasteiger partial charge in [-0.05, 0) is 30.7 Å². The fourth-order valence-corrected chi connectivity index (χ4v) is 3.58. The van der Waals surface area contributed by atoms with E-state index in [-0.39, 0.29) is 17.7 Å². The smallest absolute Gasteiger partial charge is 0.226 e. The van der Waals surface area contributed by atoms with Gasteiger partial charge in [-0.3, -0.25) is 4.79 Å². The molecule has 5 nitrogen and oxygen atoms in total. The van der Waals surface area contributed by atoms with E-state index >= 15 is 0 Å². The molecule has 2 fully saturated rings. The summed E-state index contributed by atoms with van der Waals surface area (Å²) >= 11 is 0.